The molecule has 0 aromatic carbocycles. The number of hydrogen-bond donors (Lipinski definition) is 2. The van der Waals surface area contributed by atoms with Crippen LogP contribution in [0.15, 0.2) is 17.5 Å². The Morgan fingerprint density at radius 2 is 1.76 bits per heavy atom. The van der Waals surface area contributed by atoms with Crippen molar-refractivity contribution in [3.63, 3.8) is 0 Å². The molecule has 2 saturated heterocycles. The second-order valence-corrected chi connectivity index (χ2v) is 8.74. The Kier molecular flexibility index (Phi) is 7.49. The highest BCUT2D eigenvalue weighted by molar-refractivity contribution is 7.12. The number of hydrogen-bond acceptors (Lipinski definition) is 5. The summed E-state index contributed by atoms with van der Waals surface area (Å²) in [6.07, 6.45) is 1.36. The number of rotatable bonds is 5. The Labute approximate surface area is 175 Å². The molecule has 4 amide bonds. The molecular formula is C20H30N4O4S. The molecule has 29 heavy (non-hydrogen) atoms. The van der Waals surface area contributed by atoms with Crippen LogP contribution in [0.1, 0.15) is 36.4 Å². The molecule has 2 fully saturated rings. The number of carbonyl (C=O) groups is 3. The van der Waals surface area contributed by atoms with Crippen LogP contribution in [0.5, 0.6) is 0 Å². The van der Waals surface area contributed by atoms with Gasteiger partial charge in [0.1, 0.15) is 6.04 Å². The van der Waals surface area contributed by atoms with Gasteiger partial charge in [0.2, 0.25) is 5.91 Å². The van der Waals surface area contributed by atoms with Gasteiger partial charge in [-0.05, 0) is 44.1 Å². The van der Waals surface area contributed by atoms with E-state index in [-0.39, 0.29) is 29.8 Å². The van der Waals surface area contributed by atoms with Crippen LogP contribution in [-0.4, -0.2) is 79.1 Å². The number of amides is 4. The molecule has 1 aromatic rings. The predicted molar refractivity (Wildman–Crippen MR) is 111 cm³/mol. The lowest BCUT2D eigenvalue weighted by Gasteiger charge is -2.38. The fraction of sp³-hybridized carbons (Fsp3) is 0.650. The van der Waals surface area contributed by atoms with Crippen molar-refractivity contribution in [2.24, 2.45) is 5.92 Å². The summed E-state index contributed by atoms with van der Waals surface area (Å²) < 4.78 is 5.36. The number of likely N-dealkylation sites (tertiary alicyclic amines) is 1. The second kappa shape index (κ2) is 10.1. The average Bonchev–Trinajstić information content (AvgIpc) is 3.27. The third-order valence-corrected chi connectivity index (χ3v) is 6.20. The van der Waals surface area contributed by atoms with Crippen molar-refractivity contribution in [3.05, 3.63) is 22.4 Å². The molecule has 0 bridgehead atoms. The van der Waals surface area contributed by atoms with Crippen molar-refractivity contribution in [1.29, 1.82) is 0 Å². The number of nitrogens with zero attached hydrogens (tertiary/aromatic N) is 2. The number of morpholine rings is 1. The summed E-state index contributed by atoms with van der Waals surface area (Å²) in [7, 11) is 0. The molecule has 2 aliphatic rings. The van der Waals surface area contributed by atoms with Crippen LogP contribution >= 0.6 is 11.3 Å². The SMILES string of the molecule is CC(C)NC(=O)N1CCC(C(NC(=O)c2cccs2)C(=O)N2CCOCC2)CC1. The van der Waals surface area contributed by atoms with E-state index in [1.165, 1.54) is 11.3 Å². The summed E-state index contributed by atoms with van der Waals surface area (Å²) in [5.74, 6) is -0.271. The molecule has 8 nitrogen and oxygen atoms in total. The first-order valence-corrected chi connectivity index (χ1v) is 11.1. The summed E-state index contributed by atoms with van der Waals surface area (Å²) in [6.45, 7) is 7.13. The zero-order chi connectivity index (χ0) is 20.8. The largest absolute Gasteiger partial charge is 0.378 e. The van der Waals surface area contributed by atoms with Crippen LogP contribution < -0.4 is 10.6 Å². The van der Waals surface area contributed by atoms with E-state index in [1.807, 2.05) is 25.3 Å². The van der Waals surface area contributed by atoms with Gasteiger partial charge in [0.25, 0.3) is 5.91 Å². The molecule has 9 heteroatoms. The average molecular weight is 423 g/mol. The maximum atomic E-state index is 13.2. The summed E-state index contributed by atoms with van der Waals surface area (Å²) in [5.41, 5.74) is 0. The number of piperidine rings is 1. The first-order chi connectivity index (χ1) is 14.0. The maximum Gasteiger partial charge on any atom is 0.317 e. The van der Waals surface area contributed by atoms with Gasteiger partial charge >= 0.3 is 6.03 Å². The minimum Gasteiger partial charge on any atom is -0.378 e. The van der Waals surface area contributed by atoms with Crippen LogP contribution in [0.25, 0.3) is 0 Å². The van der Waals surface area contributed by atoms with Crippen LogP contribution in [0, 0.1) is 5.92 Å². The Bertz CT molecular complexity index is 695. The highest BCUT2D eigenvalue weighted by Crippen LogP contribution is 2.23. The van der Waals surface area contributed by atoms with Crippen molar-refractivity contribution >= 4 is 29.2 Å². The summed E-state index contributed by atoms with van der Waals surface area (Å²) >= 11 is 1.36. The highest BCUT2D eigenvalue weighted by Gasteiger charge is 2.36. The number of ether oxygens (including phenoxy) is 1. The van der Waals surface area contributed by atoms with Gasteiger partial charge in [-0.2, -0.15) is 0 Å². The van der Waals surface area contributed by atoms with E-state index in [2.05, 4.69) is 10.6 Å². The number of carbonyl (C=O) groups excluding carboxylic acids is 3. The molecule has 0 radical (unpaired) electrons. The Morgan fingerprint density at radius 3 is 2.34 bits per heavy atom. The van der Waals surface area contributed by atoms with E-state index in [0.29, 0.717) is 57.1 Å². The molecule has 0 spiro atoms. The molecule has 3 heterocycles. The van der Waals surface area contributed by atoms with Gasteiger partial charge in [0, 0.05) is 32.2 Å². The minimum atomic E-state index is -0.585. The van der Waals surface area contributed by atoms with Crippen molar-refractivity contribution in [2.75, 3.05) is 39.4 Å². The van der Waals surface area contributed by atoms with E-state index >= 15 is 0 Å². The Morgan fingerprint density at radius 1 is 1.07 bits per heavy atom. The molecule has 0 saturated carbocycles. The van der Waals surface area contributed by atoms with Crippen LogP contribution in [0.3, 0.4) is 0 Å². The zero-order valence-electron chi connectivity index (χ0n) is 17.1. The van der Waals surface area contributed by atoms with E-state index in [0.717, 1.165) is 0 Å². The van der Waals surface area contributed by atoms with Crippen molar-refractivity contribution in [2.45, 2.75) is 38.8 Å². The zero-order valence-corrected chi connectivity index (χ0v) is 17.9. The van der Waals surface area contributed by atoms with Gasteiger partial charge < -0.3 is 25.2 Å². The first kappa shape index (κ1) is 21.6. The van der Waals surface area contributed by atoms with E-state index in [1.54, 1.807) is 15.9 Å². The molecule has 0 aliphatic carbocycles. The molecule has 160 valence electrons. The quantitative estimate of drug-likeness (QED) is 0.753. The highest BCUT2D eigenvalue weighted by atomic mass is 32.1. The number of urea groups is 1. The van der Waals surface area contributed by atoms with Gasteiger partial charge in [-0.25, -0.2) is 4.79 Å². The van der Waals surface area contributed by atoms with Crippen molar-refractivity contribution < 1.29 is 19.1 Å². The monoisotopic (exact) mass is 422 g/mol. The Hall–Kier alpha value is -2.13. The molecule has 1 aromatic heterocycles. The molecular weight excluding hydrogens is 392 g/mol. The lowest BCUT2D eigenvalue weighted by atomic mass is 9.88. The Balaban J connectivity index is 1.67. The standard InChI is InChI=1S/C20H30N4O4S/c1-14(2)21-20(27)24-7-5-15(6-8-24)17(19(26)23-9-11-28-12-10-23)22-18(25)16-4-3-13-29-16/h3-4,13-15,17H,5-12H2,1-2H3,(H,21,27)(H,22,25). The van der Waals surface area contributed by atoms with Gasteiger partial charge in [0.15, 0.2) is 0 Å². The lowest BCUT2D eigenvalue weighted by Crippen LogP contribution is -2.57. The summed E-state index contributed by atoms with van der Waals surface area (Å²) in [4.78, 5) is 42.3. The molecule has 3 rings (SSSR count). The normalized spacial score (nSPS) is 19.1. The van der Waals surface area contributed by atoms with E-state index in [9.17, 15) is 14.4 Å². The summed E-state index contributed by atoms with van der Waals surface area (Å²) in [5, 5.41) is 7.74. The van der Waals surface area contributed by atoms with Crippen LogP contribution in [-0.2, 0) is 9.53 Å². The maximum absolute atomic E-state index is 13.2. The van der Waals surface area contributed by atoms with E-state index in [4.69, 9.17) is 4.74 Å². The fourth-order valence-electron chi connectivity index (χ4n) is 3.76. The topological polar surface area (TPSA) is 91.0 Å². The van der Waals surface area contributed by atoms with Crippen LogP contribution in [0.2, 0.25) is 0 Å². The third kappa shape index (κ3) is 5.70. The van der Waals surface area contributed by atoms with Crippen molar-refractivity contribution in [1.82, 2.24) is 20.4 Å². The number of thiophene rings is 1. The fourth-order valence-corrected chi connectivity index (χ4v) is 4.38. The summed E-state index contributed by atoms with van der Waals surface area (Å²) in [6, 6.07) is 3.01. The molecule has 1 atom stereocenters. The van der Waals surface area contributed by atoms with Gasteiger partial charge in [-0.1, -0.05) is 6.07 Å². The smallest absolute Gasteiger partial charge is 0.317 e. The molecule has 2 N–H and O–H groups in total. The minimum absolute atomic E-state index is 0.00245. The third-order valence-electron chi connectivity index (χ3n) is 5.33. The lowest BCUT2D eigenvalue weighted by molar-refractivity contribution is -0.139. The van der Waals surface area contributed by atoms with E-state index < -0.39 is 6.04 Å². The molecule has 2 aliphatic heterocycles. The van der Waals surface area contributed by atoms with Crippen molar-refractivity contribution in [3.8, 4) is 0 Å². The molecule has 1 unspecified atom stereocenters. The van der Waals surface area contributed by atoms with Gasteiger partial charge in [0.05, 0.1) is 18.1 Å². The predicted octanol–water partition coefficient (Wildman–Crippen LogP) is 1.54. The van der Waals surface area contributed by atoms with Crippen LogP contribution in [0.4, 0.5) is 4.79 Å². The van der Waals surface area contributed by atoms with Gasteiger partial charge in [-0.3, -0.25) is 9.59 Å². The number of nitrogens with one attached hydrogen (secondary N) is 2. The first-order valence-electron chi connectivity index (χ1n) is 10.2. The second-order valence-electron chi connectivity index (χ2n) is 7.79. The van der Waals surface area contributed by atoms with Gasteiger partial charge in [-0.15, -0.1) is 11.3 Å².